The van der Waals surface area contributed by atoms with Crippen molar-refractivity contribution in [2.75, 3.05) is 0 Å². The van der Waals surface area contributed by atoms with E-state index in [1.165, 1.54) is 12.1 Å². The molecule has 3 rings (SSSR count). The SMILES string of the molecule is O=C1NC(=O)C2(S1)C(=O)NC(=O)c1ccccc12. The van der Waals surface area contributed by atoms with Crippen molar-refractivity contribution in [3.05, 3.63) is 35.4 Å². The summed E-state index contributed by atoms with van der Waals surface area (Å²) in [5.41, 5.74) is 0.488. The summed E-state index contributed by atoms with van der Waals surface area (Å²) in [6.07, 6.45) is 0. The van der Waals surface area contributed by atoms with Gasteiger partial charge in [0.05, 0.1) is 0 Å². The van der Waals surface area contributed by atoms with Crippen LogP contribution in [0, 0.1) is 0 Å². The number of hydrogen-bond acceptors (Lipinski definition) is 5. The minimum Gasteiger partial charge on any atom is -0.290 e. The van der Waals surface area contributed by atoms with Crippen LogP contribution in [-0.4, -0.2) is 23.0 Å². The number of carbonyl (C=O) groups excluding carboxylic acids is 4. The summed E-state index contributed by atoms with van der Waals surface area (Å²) in [6, 6.07) is 6.26. The average molecular weight is 262 g/mol. The van der Waals surface area contributed by atoms with Gasteiger partial charge in [-0.2, -0.15) is 0 Å². The molecular formula is C11H6N2O4S. The first-order valence-corrected chi connectivity index (χ1v) is 5.87. The number of nitrogens with one attached hydrogen (secondary N) is 2. The molecular weight excluding hydrogens is 256 g/mol. The molecule has 6 nitrogen and oxygen atoms in total. The Morgan fingerprint density at radius 3 is 2.28 bits per heavy atom. The smallest absolute Gasteiger partial charge is 0.287 e. The second kappa shape index (κ2) is 3.42. The van der Waals surface area contributed by atoms with Gasteiger partial charge in [0.15, 0.2) is 0 Å². The van der Waals surface area contributed by atoms with Gasteiger partial charge in [0.1, 0.15) is 0 Å². The van der Waals surface area contributed by atoms with Crippen molar-refractivity contribution in [1.29, 1.82) is 0 Å². The first-order chi connectivity index (χ1) is 8.55. The molecule has 1 saturated heterocycles. The van der Waals surface area contributed by atoms with Crippen molar-refractivity contribution in [2.24, 2.45) is 0 Å². The van der Waals surface area contributed by atoms with E-state index < -0.39 is 27.7 Å². The predicted octanol–water partition coefficient (Wildman–Crippen LogP) is 0.135. The molecule has 2 aliphatic heterocycles. The highest BCUT2D eigenvalue weighted by atomic mass is 32.2. The summed E-state index contributed by atoms with van der Waals surface area (Å²) >= 11 is 0.586. The van der Waals surface area contributed by atoms with Gasteiger partial charge in [-0.05, 0) is 17.8 Å². The summed E-state index contributed by atoms with van der Waals surface area (Å²) in [7, 11) is 0. The van der Waals surface area contributed by atoms with Gasteiger partial charge in [-0.3, -0.25) is 29.8 Å². The highest BCUT2D eigenvalue weighted by Crippen LogP contribution is 2.44. The molecule has 2 aliphatic rings. The third-order valence-corrected chi connectivity index (χ3v) is 4.06. The van der Waals surface area contributed by atoms with Gasteiger partial charge >= 0.3 is 0 Å². The number of fused-ring (bicyclic) bond motifs is 2. The van der Waals surface area contributed by atoms with E-state index in [9.17, 15) is 19.2 Å². The molecule has 4 amide bonds. The number of rotatable bonds is 0. The minimum atomic E-state index is -1.68. The van der Waals surface area contributed by atoms with Gasteiger partial charge in [0, 0.05) is 11.1 Å². The molecule has 18 heavy (non-hydrogen) atoms. The molecule has 1 aromatic rings. The molecule has 0 aromatic heterocycles. The minimum absolute atomic E-state index is 0.231. The molecule has 1 aromatic carbocycles. The van der Waals surface area contributed by atoms with E-state index in [2.05, 4.69) is 10.6 Å². The summed E-state index contributed by atoms with van der Waals surface area (Å²) in [5, 5.41) is 3.59. The Labute approximate surface area is 105 Å². The number of carbonyl (C=O) groups is 4. The van der Waals surface area contributed by atoms with Gasteiger partial charge < -0.3 is 0 Å². The Morgan fingerprint density at radius 2 is 1.61 bits per heavy atom. The molecule has 1 fully saturated rings. The van der Waals surface area contributed by atoms with Crippen LogP contribution in [0.15, 0.2) is 24.3 Å². The van der Waals surface area contributed by atoms with E-state index in [1.54, 1.807) is 12.1 Å². The van der Waals surface area contributed by atoms with Crippen LogP contribution in [0.5, 0.6) is 0 Å². The lowest BCUT2D eigenvalue weighted by molar-refractivity contribution is -0.131. The third kappa shape index (κ3) is 1.19. The monoisotopic (exact) mass is 262 g/mol. The highest BCUT2D eigenvalue weighted by Gasteiger charge is 2.59. The predicted molar refractivity (Wildman–Crippen MR) is 61.7 cm³/mol. The number of amides is 4. The van der Waals surface area contributed by atoms with Crippen LogP contribution in [0.2, 0.25) is 0 Å². The Bertz CT molecular complexity index is 627. The molecule has 90 valence electrons. The van der Waals surface area contributed by atoms with E-state index in [0.29, 0.717) is 11.8 Å². The molecule has 0 saturated carbocycles. The maximum atomic E-state index is 12.0. The maximum Gasteiger partial charge on any atom is 0.287 e. The van der Waals surface area contributed by atoms with E-state index in [-0.39, 0.29) is 11.1 Å². The molecule has 0 bridgehead atoms. The molecule has 1 spiro atoms. The average Bonchev–Trinajstić information content (AvgIpc) is 2.63. The van der Waals surface area contributed by atoms with Crippen molar-refractivity contribution >= 4 is 34.7 Å². The van der Waals surface area contributed by atoms with Gasteiger partial charge in [-0.15, -0.1) is 0 Å². The van der Waals surface area contributed by atoms with E-state index in [0.717, 1.165) is 0 Å². The fourth-order valence-corrected chi connectivity index (χ4v) is 3.08. The molecule has 1 atom stereocenters. The lowest BCUT2D eigenvalue weighted by atomic mass is 9.88. The zero-order chi connectivity index (χ0) is 12.9. The van der Waals surface area contributed by atoms with Crippen LogP contribution in [0.25, 0.3) is 0 Å². The second-order valence-corrected chi connectivity index (χ2v) is 5.04. The van der Waals surface area contributed by atoms with Gasteiger partial charge in [0.2, 0.25) is 4.75 Å². The Hall–Kier alpha value is -2.15. The number of hydrogen-bond donors (Lipinski definition) is 2. The summed E-state index contributed by atoms with van der Waals surface area (Å²) in [5.74, 6) is -2.05. The summed E-state index contributed by atoms with van der Waals surface area (Å²) in [6.45, 7) is 0. The zero-order valence-electron chi connectivity index (χ0n) is 8.85. The molecule has 7 heteroatoms. The maximum absolute atomic E-state index is 12.0. The molecule has 2 N–H and O–H groups in total. The topological polar surface area (TPSA) is 92.3 Å². The van der Waals surface area contributed by atoms with Crippen molar-refractivity contribution in [1.82, 2.24) is 10.6 Å². The zero-order valence-corrected chi connectivity index (χ0v) is 9.67. The quantitative estimate of drug-likeness (QED) is 0.512. The van der Waals surface area contributed by atoms with Gasteiger partial charge in [-0.1, -0.05) is 18.2 Å². The second-order valence-electron chi connectivity index (χ2n) is 3.85. The van der Waals surface area contributed by atoms with Crippen LogP contribution >= 0.6 is 11.8 Å². The number of thioether (sulfide) groups is 1. The van der Waals surface area contributed by atoms with Crippen molar-refractivity contribution in [2.45, 2.75) is 4.75 Å². The normalized spacial score (nSPS) is 26.0. The Kier molecular flexibility index (Phi) is 2.09. The first kappa shape index (κ1) is 11.0. The third-order valence-electron chi connectivity index (χ3n) is 2.88. The number of imide groups is 2. The lowest BCUT2D eigenvalue weighted by Crippen LogP contribution is -2.54. The molecule has 1 unspecified atom stereocenters. The fourth-order valence-electron chi connectivity index (χ4n) is 2.09. The van der Waals surface area contributed by atoms with Gasteiger partial charge in [0.25, 0.3) is 23.0 Å². The molecule has 0 aliphatic carbocycles. The summed E-state index contributed by atoms with van der Waals surface area (Å²) < 4.78 is -1.68. The fraction of sp³-hybridized carbons (Fsp3) is 0.0909. The Morgan fingerprint density at radius 1 is 0.944 bits per heavy atom. The van der Waals surface area contributed by atoms with Crippen LogP contribution in [0.3, 0.4) is 0 Å². The van der Waals surface area contributed by atoms with Crippen LogP contribution in [0.1, 0.15) is 15.9 Å². The van der Waals surface area contributed by atoms with Gasteiger partial charge in [-0.25, -0.2) is 0 Å². The lowest BCUT2D eigenvalue weighted by Gasteiger charge is -2.29. The number of benzene rings is 1. The summed E-state index contributed by atoms with van der Waals surface area (Å²) in [4.78, 5) is 46.9. The standard InChI is InChI=1S/C11H6N2O4S/c14-7-5-3-1-2-4-6(5)11(8(15)12-7)9(16)13-10(17)18-11/h1-4H,(H,12,14,15)(H,13,16,17). The van der Waals surface area contributed by atoms with Crippen molar-refractivity contribution < 1.29 is 19.2 Å². The van der Waals surface area contributed by atoms with E-state index in [4.69, 9.17) is 0 Å². The van der Waals surface area contributed by atoms with E-state index >= 15 is 0 Å². The van der Waals surface area contributed by atoms with E-state index in [1.807, 2.05) is 0 Å². The molecule has 2 heterocycles. The Balaban J connectivity index is 2.30. The van der Waals surface area contributed by atoms with Crippen molar-refractivity contribution in [3.8, 4) is 0 Å². The van der Waals surface area contributed by atoms with Crippen LogP contribution in [0.4, 0.5) is 4.79 Å². The van der Waals surface area contributed by atoms with Crippen molar-refractivity contribution in [3.63, 3.8) is 0 Å². The molecule has 0 radical (unpaired) electrons. The highest BCUT2D eigenvalue weighted by molar-refractivity contribution is 8.16. The van der Waals surface area contributed by atoms with Crippen LogP contribution in [-0.2, 0) is 14.3 Å². The van der Waals surface area contributed by atoms with Crippen LogP contribution < -0.4 is 10.6 Å². The first-order valence-electron chi connectivity index (χ1n) is 5.05. The largest absolute Gasteiger partial charge is 0.290 e.